The minimum atomic E-state index is -3.30. The zero-order valence-corrected chi connectivity index (χ0v) is 16.1. The number of aryl methyl sites for hydroxylation is 1. The minimum Gasteiger partial charge on any atom is -0.456 e. The number of hydrogen-bond donors (Lipinski definition) is 0. The van der Waals surface area contributed by atoms with E-state index in [2.05, 4.69) is 9.97 Å². The minimum absolute atomic E-state index is 0.00522. The van der Waals surface area contributed by atoms with Gasteiger partial charge in [-0.3, -0.25) is 4.31 Å². The third-order valence-electron chi connectivity index (χ3n) is 4.65. The van der Waals surface area contributed by atoms with Gasteiger partial charge < -0.3 is 4.74 Å². The van der Waals surface area contributed by atoms with E-state index in [1.807, 2.05) is 31.2 Å². The van der Waals surface area contributed by atoms with Gasteiger partial charge in [0, 0.05) is 6.54 Å². The van der Waals surface area contributed by atoms with Gasteiger partial charge in [-0.15, -0.1) is 0 Å². The zero-order valence-electron chi connectivity index (χ0n) is 15.3. The first kappa shape index (κ1) is 18.4. The van der Waals surface area contributed by atoms with Crippen molar-refractivity contribution in [3.05, 3.63) is 65.5 Å². The first-order valence-corrected chi connectivity index (χ1v) is 10.5. The number of nitrogens with zero attached hydrogens (tertiary/aromatic N) is 3. The van der Waals surface area contributed by atoms with Gasteiger partial charge in [-0.05, 0) is 43.7 Å². The van der Waals surface area contributed by atoms with Crippen molar-refractivity contribution in [3.63, 3.8) is 0 Å². The first-order valence-electron chi connectivity index (χ1n) is 8.94. The molecule has 0 amide bonds. The predicted molar refractivity (Wildman–Crippen MR) is 106 cm³/mol. The molecule has 3 aromatic rings. The Morgan fingerprint density at radius 3 is 2.57 bits per heavy atom. The highest BCUT2D eigenvalue weighted by molar-refractivity contribution is 7.93. The highest BCUT2D eigenvalue weighted by Crippen LogP contribution is 2.25. The molecule has 0 N–H and O–H groups in total. The molecule has 4 rings (SSSR count). The van der Waals surface area contributed by atoms with Crippen LogP contribution in [0.1, 0.15) is 28.2 Å². The average molecular weight is 397 g/mol. The zero-order chi connectivity index (χ0) is 19.7. The average Bonchev–Trinajstić information content (AvgIpc) is 3.05. The third-order valence-corrected chi connectivity index (χ3v) is 6.52. The lowest BCUT2D eigenvalue weighted by Gasteiger charge is -2.17. The van der Waals surface area contributed by atoms with Crippen molar-refractivity contribution < 1.29 is 17.9 Å². The fourth-order valence-corrected chi connectivity index (χ4v) is 4.75. The van der Waals surface area contributed by atoms with E-state index in [-0.39, 0.29) is 12.4 Å². The van der Waals surface area contributed by atoms with Crippen molar-refractivity contribution in [2.24, 2.45) is 0 Å². The van der Waals surface area contributed by atoms with E-state index in [1.54, 1.807) is 24.3 Å². The standard InChI is InChI=1S/C20H19N3O4S/c1-14-19(22-18-9-3-2-8-17(18)21-14)13-27-20(24)15-6-4-7-16(12-15)23-10-5-11-28(23,25)26/h2-4,6-9,12H,5,10-11,13H2,1H3. The van der Waals surface area contributed by atoms with Crippen LogP contribution in [0.15, 0.2) is 48.5 Å². The SMILES string of the molecule is Cc1nc2ccccc2nc1COC(=O)c1cccc(N2CCCS2(=O)=O)c1. The molecule has 1 fully saturated rings. The number of hydrogen-bond acceptors (Lipinski definition) is 6. The molecule has 1 saturated heterocycles. The maximum Gasteiger partial charge on any atom is 0.338 e. The molecule has 144 valence electrons. The van der Waals surface area contributed by atoms with Crippen LogP contribution in [0.4, 0.5) is 5.69 Å². The van der Waals surface area contributed by atoms with E-state index < -0.39 is 16.0 Å². The van der Waals surface area contributed by atoms with Gasteiger partial charge in [0.15, 0.2) is 0 Å². The van der Waals surface area contributed by atoms with Crippen molar-refractivity contribution in [2.75, 3.05) is 16.6 Å². The molecule has 0 aliphatic carbocycles. The van der Waals surface area contributed by atoms with Crippen LogP contribution in [-0.4, -0.2) is 36.7 Å². The summed E-state index contributed by atoms with van der Waals surface area (Å²) in [7, 11) is -3.30. The molecule has 7 nitrogen and oxygen atoms in total. The topological polar surface area (TPSA) is 89.5 Å². The van der Waals surface area contributed by atoms with Crippen molar-refractivity contribution >= 4 is 32.7 Å². The molecule has 1 aliphatic heterocycles. The van der Waals surface area contributed by atoms with Crippen LogP contribution in [0.3, 0.4) is 0 Å². The summed E-state index contributed by atoms with van der Waals surface area (Å²) in [5.41, 5.74) is 3.59. The maximum absolute atomic E-state index is 12.5. The van der Waals surface area contributed by atoms with Crippen molar-refractivity contribution in [1.29, 1.82) is 0 Å². The fourth-order valence-electron chi connectivity index (χ4n) is 3.20. The molecule has 0 atom stereocenters. The second-order valence-corrected chi connectivity index (χ2v) is 8.63. The van der Waals surface area contributed by atoms with Crippen LogP contribution in [0.2, 0.25) is 0 Å². The normalized spacial score (nSPS) is 15.7. The van der Waals surface area contributed by atoms with E-state index in [0.29, 0.717) is 35.6 Å². The Morgan fingerprint density at radius 2 is 1.86 bits per heavy atom. The summed E-state index contributed by atoms with van der Waals surface area (Å²) in [6.07, 6.45) is 0.580. The van der Waals surface area contributed by atoms with Crippen molar-refractivity contribution in [3.8, 4) is 0 Å². The maximum atomic E-state index is 12.5. The molecule has 1 aromatic heterocycles. The second-order valence-electron chi connectivity index (χ2n) is 6.61. The lowest BCUT2D eigenvalue weighted by Crippen LogP contribution is -2.25. The summed E-state index contributed by atoms with van der Waals surface area (Å²) >= 11 is 0. The molecule has 0 radical (unpaired) electrons. The Morgan fingerprint density at radius 1 is 1.11 bits per heavy atom. The number of rotatable bonds is 4. The molecular formula is C20H19N3O4S. The van der Waals surface area contributed by atoms with E-state index in [4.69, 9.17) is 4.74 Å². The molecule has 28 heavy (non-hydrogen) atoms. The van der Waals surface area contributed by atoms with Crippen LogP contribution in [-0.2, 0) is 21.4 Å². The Kier molecular flexibility index (Phi) is 4.72. The van der Waals surface area contributed by atoms with Gasteiger partial charge in [0.1, 0.15) is 6.61 Å². The monoisotopic (exact) mass is 397 g/mol. The molecule has 0 saturated carbocycles. The van der Waals surface area contributed by atoms with Gasteiger partial charge in [0.2, 0.25) is 10.0 Å². The lowest BCUT2D eigenvalue weighted by atomic mass is 10.2. The van der Waals surface area contributed by atoms with Gasteiger partial charge >= 0.3 is 5.97 Å². The largest absolute Gasteiger partial charge is 0.456 e. The van der Waals surface area contributed by atoms with E-state index in [0.717, 1.165) is 11.0 Å². The molecular weight excluding hydrogens is 378 g/mol. The number of sulfonamides is 1. The summed E-state index contributed by atoms with van der Waals surface area (Å²) in [6, 6.07) is 14.0. The number of carbonyl (C=O) groups excluding carboxylic acids is 1. The van der Waals surface area contributed by atoms with Crippen LogP contribution >= 0.6 is 0 Å². The van der Waals surface area contributed by atoms with Crippen LogP contribution in [0, 0.1) is 6.92 Å². The first-order chi connectivity index (χ1) is 13.4. The highest BCUT2D eigenvalue weighted by atomic mass is 32.2. The quantitative estimate of drug-likeness (QED) is 0.629. The number of para-hydroxylation sites is 2. The molecule has 8 heteroatoms. The van der Waals surface area contributed by atoms with Gasteiger partial charge in [0.25, 0.3) is 0 Å². The Balaban J connectivity index is 1.52. The van der Waals surface area contributed by atoms with Gasteiger partial charge in [0.05, 0.1) is 39.4 Å². The molecule has 2 heterocycles. The predicted octanol–water partition coefficient (Wildman–Crippen LogP) is 2.84. The van der Waals surface area contributed by atoms with Gasteiger partial charge in [-0.25, -0.2) is 23.2 Å². The number of esters is 1. The molecule has 0 bridgehead atoms. The van der Waals surface area contributed by atoms with Gasteiger partial charge in [-0.1, -0.05) is 18.2 Å². The highest BCUT2D eigenvalue weighted by Gasteiger charge is 2.28. The second kappa shape index (κ2) is 7.20. The number of ether oxygens (including phenoxy) is 1. The third kappa shape index (κ3) is 3.55. The van der Waals surface area contributed by atoms with E-state index in [1.165, 1.54) is 4.31 Å². The summed E-state index contributed by atoms with van der Waals surface area (Å²) in [4.78, 5) is 21.5. The van der Waals surface area contributed by atoms with E-state index in [9.17, 15) is 13.2 Å². The summed E-state index contributed by atoms with van der Waals surface area (Å²) in [5.74, 6) is -0.408. The number of fused-ring (bicyclic) bond motifs is 1. The Hall–Kier alpha value is -3.00. The Labute approximate surface area is 163 Å². The molecule has 2 aromatic carbocycles. The number of carbonyl (C=O) groups is 1. The van der Waals surface area contributed by atoms with Gasteiger partial charge in [-0.2, -0.15) is 0 Å². The number of aromatic nitrogens is 2. The Bertz CT molecular complexity index is 1160. The molecule has 0 unspecified atom stereocenters. The summed E-state index contributed by atoms with van der Waals surface area (Å²) < 4.78 is 30.9. The van der Waals surface area contributed by atoms with Crippen molar-refractivity contribution in [1.82, 2.24) is 9.97 Å². The lowest BCUT2D eigenvalue weighted by molar-refractivity contribution is 0.0467. The number of anilines is 1. The summed E-state index contributed by atoms with van der Waals surface area (Å²) in [6.45, 7) is 2.24. The summed E-state index contributed by atoms with van der Waals surface area (Å²) in [5, 5.41) is 0. The van der Waals surface area contributed by atoms with Crippen LogP contribution in [0.5, 0.6) is 0 Å². The van der Waals surface area contributed by atoms with Crippen molar-refractivity contribution in [2.45, 2.75) is 20.0 Å². The van der Waals surface area contributed by atoms with Crippen LogP contribution < -0.4 is 4.31 Å². The molecule has 0 spiro atoms. The molecule has 1 aliphatic rings. The smallest absolute Gasteiger partial charge is 0.338 e. The van der Waals surface area contributed by atoms with E-state index >= 15 is 0 Å². The number of benzene rings is 2. The van der Waals surface area contributed by atoms with Crippen LogP contribution in [0.25, 0.3) is 11.0 Å². The fraction of sp³-hybridized carbons (Fsp3) is 0.250.